The van der Waals surface area contributed by atoms with Crippen molar-refractivity contribution in [3.63, 3.8) is 0 Å². The van der Waals surface area contributed by atoms with Gasteiger partial charge in [-0.05, 0) is 34.7 Å². The van der Waals surface area contributed by atoms with Gasteiger partial charge in [0.15, 0.2) is 0 Å². The topological polar surface area (TPSA) is 32.3 Å². The molecule has 2 aromatic carbocycles. The van der Waals surface area contributed by atoms with Crippen molar-refractivity contribution in [2.24, 2.45) is 0 Å². The Hall–Kier alpha value is -2.10. The van der Waals surface area contributed by atoms with Crippen molar-refractivity contribution in [2.75, 3.05) is 0 Å². The summed E-state index contributed by atoms with van der Waals surface area (Å²) in [7, 11) is 0. The Morgan fingerprint density at radius 3 is 2.33 bits per heavy atom. The van der Waals surface area contributed by atoms with Gasteiger partial charge in [-0.15, -0.1) is 11.3 Å². The molecule has 3 aromatic rings. The van der Waals surface area contributed by atoms with Crippen LogP contribution in [0.4, 0.5) is 0 Å². The number of phenolic OH excluding ortho intramolecular Hbond substituents is 1. The summed E-state index contributed by atoms with van der Waals surface area (Å²) in [5, 5.41) is 15.1. The molecule has 1 heterocycles. The van der Waals surface area contributed by atoms with E-state index in [0.29, 0.717) is 5.75 Å². The average Bonchev–Trinajstić information content (AvgIpc) is 3.05. The first-order chi connectivity index (χ1) is 10.3. The monoisotopic (exact) mass is 295 g/mol. The first-order valence-corrected chi connectivity index (χ1v) is 7.80. The Balaban J connectivity index is 1.78. The maximum absolute atomic E-state index is 9.34. The number of nitrogens with one attached hydrogen (secondary N) is 1. The Kier molecular flexibility index (Phi) is 4.34. The number of benzene rings is 2. The van der Waals surface area contributed by atoms with Crippen LogP contribution in [0.25, 0.3) is 0 Å². The van der Waals surface area contributed by atoms with E-state index in [9.17, 15) is 5.11 Å². The Morgan fingerprint density at radius 2 is 1.67 bits per heavy atom. The van der Waals surface area contributed by atoms with E-state index >= 15 is 0 Å². The summed E-state index contributed by atoms with van der Waals surface area (Å²) < 4.78 is 0. The van der Waals surface area contributed by atoms with Gasteiger partial charge in [0, 0.05) is 11.4 Å². The van der Waals surface area contributed by atoms with Crippen LogP contribution in [0, 0.1) is 0 Å². The number of phenols is 1. The second-order valence-corrected chi connectivity index (χ2v) is 5.89. The highest BCUT2D eigenvalue weighted by molar-refractivity contribution is 7.10. The predicted octanol–water partition coefficient (Wildman–Crippen LogP) is 4.33. The van der Waals surface area contributed by atoms with Gasteiger partial charge >= 0.3 is 0 Å². The summed E-state index contributed by atoms with van der Waals surface area (Å²) in [4.78, 5) is 1.31. The van der Waals surface area contributed by atoms with E-state index in [4.69, 9.17) is 0 Å². The largest absolute Gasteiger partial charge is 0.508 e. The van der Waals surface area contributed by atoms with Gasteiger partial charge in [-0.3, -0.25) is 0 Å². The van der Waals surface area contributed by atoms with Gasteiger partial charge in [0.2, 0.25) is 0 Å². The first kappa shape index (κ1) is 13.9. The zero-order valence-corrected chi connectivity index (χ0v) is 12.4. The Morgan fingerprint density at radius 1 is 0.905 bits per heavy atom. The van der Waals surface area contributed by atoms with Crippen molar-refractivity contribution < 1.29 is 5.11 Å². The normalized spacial score (nSPS) is 12.2. The second-order valence-electron chi connectivity index (χ2n) is 4.91. The van der Waals surface area contributed by atoms with Crippen molar-refractivity contribution in [1.29, 1.82) is 0 Å². The second kappa shape index (κ2) is 6.57. The molecular weight excluding hydrogens is 278 g/mol. The fraction of sp³-hybridized carbons (Fsp3) is 0.111. The highest BCUT2D eigenvalue weighted by atomic mass is 32.1. The molecule has 0 spiro atoms. The fourth-order valence-electron chi connectivity index (χ4n) is 2.32. The van der Waals surface area contributed by atoms with Gasteiger partial charge in [0.25, 0.3) is 0 Å². The molecule has 0 bridgehead atoms. The molecule has 2 nitrogen and oxygen atoms in total. The maximum Gasteiger partial charge on any atom is 0.115 e. The molecule has 106 valence electrons. The van der Waals surface area contributed by atoms with Gasteiger partial charge in [-0.1, -0.05) is 48.5 Å². The van der Waals surface area contributed by atoms with Crippen LogP contribution >= 0.6 is 11.3 Å². The van der Waals surface area contributed by atoms with Gasteiger partial charge in [-0.2, -0.15) is 0 Å². The molecular formula is C18H17NOS. The Bertz CT molecular complexity index is 662. The minimum atomic E-state index is 0.194. The van der Waals surface area contributed by atoms with Crippen molar-refractivity contribution in [3.05, 3.63) is 88.1 Å². The number of hydrogen-bond acceptors (Lipinski definition) is 3. The van der Waals surface area contributed by atoms with Crippen molar-refractivity contribution >= 4 is 11.3 Å². The minimum Gasteiger partial charge on any atom is -0.508 e. The van der Waals surface area contributed by atoms with Crippen LogP contribution < -0.4 is 5.32 Å². The number of rotatable bonds is 5. The van der Waals surface area contributed by atoms with Gasteiger partial charge in [0.1, 0.15) is 5.75 Å². The van der Waals surface area contributed by atoms with E-state index in [2.05, 4.69) is 47.1 Å². The average molecular weight is 295 g/mol. The Labute approximate surface area is 128 Å². The standard InChI is InChI=1S/C18H17NOS/c20-16-10-8-14(9-11-16)13-19-18(17-7-4-12-21-17)15-5-2-1-3-6-15/h1-12,18-20H,13H2. The summed E-state index contributed by atoms with van der Waals surface area (Å²) in [5.74, 6) is 0.302. The molecule has 1 aromatic heterocycles. The molecule has 0 aliphatic rings. The smallest absolute Gasteiger partial charge is 0.115 e. The quantitative estimate of drug-likeness (QED) is 0.734. The first-order valence-electron chi connectivity index (χ1n) is 6.92. The number of thiophene rings is 1. The van der Waals surface area contributed by atoms with Gasteiger partial charge in [-0.25, -0.2) is 0 Å². The van der Waals surface area contributed by atoms with Crippen molar-refractivity contribution in [2.45, 2.75) is 12.6 Å². The van der Waals surface area contributed by atoms with Crippen LogP contribution in [0.3, 0.4) is 0 Å². The third-order valence-corrected chi connectivity index (χ3v) is 4.34. The molecule has 3 rings (SSSR count). The SMILES string of the molecule is Oc1ccc(CNC(c2ccccc2)c2cccs2)cc1. The molecule has 0 amide bonds. The zero-order valence-electron chi connectivity index (χ0n) is 11.6. The summed E-state index contributed by atoms with van der Waals surface area (Å²) in [6, 6.07) is 22.2. The van der Waals surface area contributed by atoms with E-state index in [0.717, 1.165) is 12.1 Å². The predicted molar refractivity (Wildman–Crippen MR) is 87.6 cm³/mol. The molecule has 0 saturated carbocycles. The summed E-state index contributed by atoms with van der Waals surface area (Å²) >= 11 is 1.76. The van der Waals surface area contributed by atoms with Gasteiger partial charge < -0.3 is 10.4 Å². The molecule has 2 N–H and O–H groups in total. The van der Waals surface area contributed by atoms with Crippen LogP contribution in [0.2, 0.25) is 0 Å². The lowest BCUT2D eigenvalue weighted by atomic mass is 10.0. The molecule has 1 unspecified atom stereocenters. The molecule has 0 radical (unpaired) electrons. The van der Waals surface area contributed by atoms with Crippen LogP contribution in [0.1, 0.15) is 22.0 Å². The molecule has 3 heteroatoms. The third kappa shape index (κ3) is 3.51. The summed E-state index contributed by atoms with van der Waals surface area (Å²) in [6.07, 6.45) is 0. The highest BCUT2D eigenvalue weighted by Crippen LogP contribution is 2.26. The maximum atomic E-state index is 9.34. The lowest BCUT2D eigenvalue weighted by molar-refractivity contribution is 0.475. The lowest BCUT2D eigenvalue weighted by Gasteiger charge is -2.18. The van der Waals surface area contributed by atoms with Crippen LogP contribution in [-0.4, -0.2) is 5.11 Å². The van der Waals surface area contributed by atoms with Crippen molar-refractivity contribution in [1.82, 2.24) is 5.32 Å². The fourth-order valence-corrected chi connectivity index (χ4v) is 3.14. The van der Waals surface area contributed by atoms with Crippen molar-refractivity contribution in [3.8, 4) is 5.75 Å². The van der Waals surface area contributed by atoms with E-state index in [1.165, 1.54) is 10.4 Å². The molecule has 1 atom stereocenters. The molecule has 21 heavy (non-hydrogen) atoms. The summed E-state index contributed by atoms with van der Waals surface area (Å²) in [6.45, 7) is 0.762. The van der Waals surface area contributed by atoms with Crippen LogP contribution in [0.15, 0.2) is 72.1 Å². The van der Waals surface area contributed by atoms with E-state index in [1.807, 2.05) is 18.2 Å². The lowest BCUT2D eigenvalue weighted by Crippen LogP contribution is -2.21. The molecule has 0 aliphatic heterocycles. The summed E-state index contributed by atoms with van der Waals surface area (Å²) in [5.41, 5.74) is 2.42. The zero-order chi connectivity index (χ0) is 14.5. The van der Waals surface area contributed by atoms with E-state index in [-0.39, 0.29) is 6.04 Å². The van der Waals surface area contributed by atoms with Crippen LogP contribution in [0.5, 0.6) is 5.75 Å². The van der Waals surface area contributed by atoms with E-state index < -0.39 is 0 Å². The highest BCUT2D eigenvalue weighted by Gasteiger charge is 2.14. The molecule has 0 fully saturated rings. The number of aromatic hydroxyl groups is 1. The molecule has 0 aliphatic carbocycles. The van der Waals surface area contributed by atoms with E-state index in [1.54, 1.807) is 23.5 Å². The number of hydrogen-bond donors (Lipinski definition) is 2. The third-order valence-electron chi connectivity index (χ3n) is 3.41. The van der Waals surface area contributed by atoms with Crippen LogP contribution in [-0.2, 0) is 6.54 Å². The van der Waals surface area contributed by atoms with Gasteiger partial charge in [0.05, 0.1) is 6.04 Å². The molecule has 0 saturated heterocycles. The minimum absolute atomic E-state index is 0.194.